The van der Waals surface area contributed by atoms with Crippen LogP contribution in [0.15, 0.2) is 41.9 Å². The number of hydrogen-bond donors (Lipinski definition) is 1. The maximum absolute atomic E-state index is 12.4. The van der Waals surface area contributed by atoms with Gasteiger partial charge in [0.25, 0.3) is 0 Å². The molecule has 0 fully saturated rings. The van der Waals surface area contributed by atoms with Gasteiger partial charge < -0.3 is 10.2 Å². The number of hydrogen-bond acceptors (Lipinski definition) is 4. The maximum atomic E-state index is 12.4. The number of amides is 2. The molecule has 0 spiro atoms. The van der Waals surface area contributed by atoms with Gasteiger partial charge in [-0.3, -0.25) is 9.59 Å². The third kappa shape index (κ3) is 3.07. The minimum Gasteiger partial charge on any atom is -0.317 e. The molecule has 120 valence electrons. The molecule has 1 unspecified atom stereocenters. The van der Waals surface area contributed by atoms with E-state index in [1.165, 1.54) is 18.3 Å². The molecule has 1 aromatic carbocycles. The van der Waals surface area contributed by atoms with Gasteiger partial charge in [0, 0.05) is 13.1 Å². The van der Waals surface area contributed by atoms with Crippen LogP contribution in [0.3, 0.4) is 0 Å². The smallest absolute Gasteiger partial charge is 0.227 e. The predicted octanol–water partition coefficient (Wildman–Crippen LogP) is 3.52. The molecule has 0 aliphatic carbocycles. The zero-order chi connectivity index (χ0) is 17.1. The minimum atomic E-state index is -0.353. The summed E-state index contributed by atoms with van der Waals surface area (Å²) in [6.07, 6.45) is 3.72. The third-order valence-corrected chi connectivity index (χ3v) is 4.72. The van der Waals surface area contributed by atoms with E-state index in [4.69, 9.17) is 5.26 Å². The fourth-order valence-corrected chi connectivity index (χ4v) is 3.51. The topological polar surface area (TPSA) is 73.2 Å². The number of nitrogens with zero attached hydrogens (tertiary/aromatic N) is 2. The molecular formula is C18H15N3O2S. The zero-order valence-corrected chi connectivity index (χ0v) is 13.8. The lowest BCUT2D eigenvalue weighted by atomic mass is 9.93. The first-order chi connectivity index (χ1) is 11.6. The molecule has 1 aliphatic rings. The lowest BCUT2D eigenvalue weighted by Gasteiger charge is -2.32. The van der Waals surface area contributed by atoms with Gasteiger partial charge in [-0.1, -0.05) is 24.3 Å². The Balaban J connectivity index is 1.83. The summed E-state index contributed by atoms with van der Waals surface area (Å²) in [4.78, 5) is 25.9. The normalized spacial score (nSPS) is 15.5. The second kappa shape index (κ2) is 6.69. The van der Waals surface area contributed by atoms with Gasteiger partial charge in [0.05, 0.1) is 18.0 Å². The molecule has 2 aromatic rings. The largest absolute Gasteiger partial charge is 0.317 e. The Morgan fingerprint density at radius 3 is 2.88 bits per heavy atom. The molecule has 1 atom stereocenters. The van der Waals surface area contributed by atoms with Crippen molar-refractivity contribution in [1.82, 2.24) is 4.90 Å². The van der Waals surface area contributed by atoms with Gasteiger partial charge in [0.2, 0.25) is 11.8 Å². The second-order valence-corrected chi connectivity index (χ2v) is 6.33. The Morgan fingerprint density at radius 2 is 2.12 bits per heavy atom. The van der Waals surface area contributed by atoms with Gasteiger partial charge in [-0.25, -0.2) is 0 Å². The van der Waals surface area contributed by atoms with Crippen molar-refractivity contribution in [2.75, 3.05) is 5.32 Å². The van der Waals surface area contributed by atoms with Crippen LogP contribution in [0.2, 0.25) is 0 Å². The molecule has 0 radical (unpaired) electrons. The van der Waals surface area contributed by atoms with Crippen LogP contribution in [0, 0.1) is 11.3 Å². The molecule has 1 aliphatic heterocycles. The summed E-state index contributed by atoms with van der Waals surface area (Å²) < 4.78 is 0. The number of fused-ring (bicyclic) bond motifs is 1. The number of benzene rings is 1. The van der Waals surface area contributed by atoms with Crippen LogP contribution in [0.5, 0.6) is 0 Å². The molecule has 0 bridgehead atoms. The third-order valence-electron chi connectivity index (χ3n) is 3.89. The highest BCUT2D eigenvalue weighted by molar-refractivity contribution is 7.14. The van der Waals surface area contributed by atoms with E-state index in [-0.39, 0.29) is 24.3 Å². The standard InChI is InChI=1S/C18H15N3O2S/c1-12(22)21-8-6-13-4-2-3-5-15(13)16(21)10-17(23)20-18-14(11-19)7-9-24-18/h2-9,16H,10H2,1H3,(H,20,23). The Labute approximate surface area is 143 Å². The monoisotopic (exact) mass is 337 g/mol. The predicted molar refractivity (Wildman–Crippen MR) is 93.0 cm³/mol. The first-order valence-corrected chi connectivity index (χ1v) is 8.31. The number of anilines is 1. The van der Waals surface area contributed by atoms with E-state index in [0.29, 0.717) is 10.6 Å². The van der Waals surface area contributed by atoms with Crippen molar-refractivity contribution in [1.29, 1.82) is 5.26 Å². The first-order valence-electron chi connectivity index (χ1n) is 7.43. The van der Waals surface area contributed by atoms with E-state index in [0.717, 1.165) is 11.1 Å². The highest BCUT2D eigenvalue weighted by atomic mass is 32.1. The molecule has 24 heavy (non-hydrogen) atoms. The summed E-state index contributed by atoms with van der Waals surface area (Å²) in [5.74, 6) is -0.345. The van der Waals surface area contributed by atoms with Gasteiger partial charge in [0.1, 0.15) is 11.1 Å². The van der Waals surface area contributed by atoms with Crippen LogP contribution in [-0.2, 0) is 9.59 Å². The Kier molecular flexibility index (Phi) is 4.45. The van der Waals surface area contributed by atoms with Crippen LogP contribution in [-0.4, -0.2) is 16.7 Å². The van der Waals surface area contributed by atoms with Crippen molar-refractivity contribution in [2.45, 2.75) is 19.4 Å². The highest BCUT2D eigenvalue weighted by Gasteiger charge is 2.28. The first kappa shape index (κ1) is 16.0. The van der Waals surface area contributed by atoms with Crippen LogP contribution >= 0.6 is 11.3 Å². The van der Waals surface area contributed by atoms with Gasteiger partial charge in [-0.05, 0) is 28.6 Å². The summed E-state index contributed by atoms with van der Waals surface area (Å²) in [6, 6.07) is 11.1. The molecular weight excluding hydrogens is 322 g/mol. The summed E-state index contributed by atoms with van der Waals surface area (Å²) in [7, 11) is 0. The average Bonchev–Trinajstić information content (AvgIpc) is 3.01. The quantitative estimate of drug-likeness (QED) is 0.931. The molecule has 2 heterocycles. The van der Waals surface area contributed by atoms with Gasteiger partial charge in [-0.2, -0.15) is 5.26 Å². The van der Waals surface area contributed by atoms with Crippen molar-refractivity contribution < 1.29 is 9.59 Å². The van der Waals surface area contributed by atoms with Crippen molar-refractivity contribution in [3.05, 3.63) is 58.6 Å². The maximum Gasteiger partial charge on any atom is 0.227 e. The van der Waals surface area contributed by atoms with Crippen LogP contribution in [0.4, 0.5) is 5.00 Å². The van der Waals surface area contributed by atoms with E-state index >= 15 is 0 Å². The number of thiophene rings is 1. The Morgan fingerprint density at radius 1 is 1.33 bits per heavy atom. The number of nitriles is 1. The Bertz CT molecular complexity index is 863. The second-order valence-electron chi connectivity index (χ2n) is 5.41. The molecule has 1 N–H and O–H groups in total. The summed E-state index contributed by atoms with van der Waals surface area (Å²) in [5.41, 5.74) is 2.39. The minimum absolute atomic E-state index is 0.118. The SMILES string of the molecule is CC(=O)N1C=Cc2ccccc2C1CC(=O)Nc1sccc1C#N. The molecule has 1 aromatic heterocycles. The van der Waals surface area contributed by atoms with Crippen molar-refractivity contribution in [3.8, 4) is 6.07 Å². The molecule has 0 saturated carbocycles. The summed E-state index contributed by atoms with van der Waals surface area (Å²) in [6.45, 7) is 1.48. The molecule has 0 saturated heterocycles. The number of carbonyl (C=O) groups excluding carboxylic acids is 2. The highest BCUT2D eigenvalue weighted by Crippen LogP contribution is 2.33. The number of nitrogens with one attached hydrogen (secondary N) is 1. The number of carbonyl (C=O) groups is 2. The molecule has 5 nitrogen and oxygen atoms in total. The molecule has 3 rings (SSSR count). The van der Waals surface area contributed by atoms with Crippen molar-refractivity contribution in [3.63, 3.8) is 0 Å². The van der Waals surface area contributed by atoms with Gasteiger partial charge in [-0.15, -0.1) is 11.3 Å². The molecule has 6 heteroatoms. The van der Waals surface area contributed by atoms with E-state index in [2.05, 4.69) is 5.32 Å². The van der Waals surface area contributed by atoms with Crippen LogP contribution in [0.25, 0.3) is 6.08 Å². The van der Waals surface area contributed by atoms with Gasteiger partial charge in [0.15, 0.2) is 0 Å². The Hall–Kier alpha value is -2.91. The van der Waals surface area contributed by atoms with Crippen molar-refractivity contribution >= 4 is 34.2 Å². The summed E-state index contributed by atoms with van der Waals surface area (Å²) >= 11 is 1.31. The van der Waals surface area contributed by atoms with Crippen LogP contribution in [0.1, 0.15) is 36.1 Å². The fraction of sp³-hybridized carbons (Fsp3) is 0.167. The zero-order valence-electron chi connectivity index (χ0n) is 13.0. The van der Waals surface area contributed by atoms with E-state index in [9.17, 15) is 9.59 Å². The molecule has 2 amide bonds. The lowest BCUT2D eigenvalue weighted by molar-refractivity contribution is -0.129. The average molecular weight is 337 g/mol. The van der Waals surface area contributed by atoms with E-state index < -0.39 is 0 Å². The van der Waals surface area contributed by atoms with E-state index in [1.807, 2.05) is 36.4 Å². The van der Waals surface area contributed by atoms with Crippen LogP contribution < -0.4 is 5.32 Å². The van der Waals surface area contributed by atoms with Gasteiger partial charge >= 0.3 is 0 Å². The fourth-order valence-electron chi connectivity index (χ4n) is 2.76. The van der Waals surface area contributed by atoms with Crippen molar-refractivity contribution in [2.24, 2.45) is 0 Å². The number of rotatable bonds is 3. The lowest BCUT2D eigenvalue weighted by Crippen LogP contribution is -2.33. The van der Waals surface area contributed by atoms with E-state index in [1.54, 1.807) is 22.5 Å². The summed E-state index contributed by atoms with van der Waals surface area (Å²) in [5, 5.41) is 14.1.